The zero-order chi connectivity index (χ0) is 34.1. The highest BCUT2D eigenvalue weighted by atomic mass is 19.4. The number of amides is 1. The standard InChI is InChI=1S/C29H21F12NO3/c1-15(26(30,31)32)17-4-7-24(44-2)23(11-17)22-6-5-19(27(33,34)35)10-18(22)14-42(25(43)45-3)13-16-8-20(28(36,37)38)12-21(9-16)29(39,40)41/h4-12H,1,13-14H2,2-3H3. The molecule has 0 aliphatic carbocycles. The Morgan fingerprint density at radius 2 is 1.24 bits per heavy atom. The van der Waals surface area contributed by atoms with Crippen LogP contribution in [0.15, 0.2) is 61.2 Å². The Labute approximate surface area is 247 Å². The Bertz CT molecular complexity index is 1540. The first-order valence-corrected chi connectivity index (χ1v) is 12.3. The second kappa shape index (κ2) is 12.6. The van der Waals surface area contributed by atoms with E-state index in [1.807, 2.05) is 0 Å². The third kappa shape index (κ3) is 8.42. The van der Waals surface area contributed by atoms with Crippen LogP contribution in [0.25, 0.3) is 16.7 Å². The quantitative estimate of drug-likeness (QED) is 0.237. The molecule has 244 valence electrons. The molecule has 16 heteroatoms. The summed E-state index contributed by atoms with van der Waals surface area (Å²) in [5.41, 5.74) is -7.98. The molecule has 3 aromatic rings. The highest BCUT2D eigenvalue weighted by Gasteiger charge is 2.38. The number of allylic oxidation sites excluding steroid dienone is 1. The van der Waals surface area contributed by atoms with Crippen molar-refractivity contribution in [3.63, 3.8) is 0 Å². The van der Waals surface area contributed by atoms with Crippen LogP contribution in [-0.4, -0.2) is 31.4 Å². The van der Waals surface area contributed by atoms with E-state index in [2.05, 4.69) is 11.3 Å². The van der Waals surface area contributed by atoms with E-state index < -0.39 is 82.8 Å². The second-order valence-electron chi connectivity index (χ2n) is 9.50. The molecule has 0 radical (unpaired) electrons. The Hall–Kier alpha value is -4.37. The molecule has 1 amide bonds. The van der Waals surface area contributed by atoms with Gasteiger partial charge in [-0.25, -0.2) is 4.79 Å². The summed E-state index contributed by atoms with van der Waals surface area (Å²) in [4.78, 5) is 13.2. The van der Waals surface area contributed by atoms with Gasteiger partial charge in [0.05, 0.1) is 36.5 Å². The molecule has 0 fully saturated rings. The summed E-state index contributed by atoms with van der Waals surface area (Å²) in [6, 6.07) is 5.50. The van der Waals surface area contributed by atoms with E-state index >= 15 is 0 Å². The lowest BCUT2D eigenvalue weighted by molar-refractivity contribution is -0.143. The molecule has 0 aromatic heterocycles. The lowest BCUT2D eigenvalue weighted by atomic mass is 9.93. The Kier molecular flexibility index (Phi) is 9.80. The predicted octanol–water partition coefficient (Wildman–Crippen LogP) is 9.76. The summed E-state index contributed by atoms with van der Waals surface area (Å²) >= 11 is 0. The third-order valence-electron chi connectivity index (χ3n) is 6.43. The first-order valence-electron chi connectivity index (χ1n) is 12.3. The first kappa shape index (κ1) is 35.1. The van der Waals surface area contributed by atoms with Crippen molar-refractivity contribution in [2.75, 3.05) is 14.2 Å². The molecule has 0 unspecified atom stereocenters. The minimum Gasteiger partial charge on any atom is -0.496 e. The zero-order valence-corrected chi connectivity index (χ0v) is 23.0. The Morgan fingerprint density at radius 3 is 1.71 bits per heavy atom. The van der Waals surface area contributed by atoms with Crippen LogP contribution in [-0.2, 0) is 36.4 Å². The van der Waals surface area contributed by atoms with Crippen molar-refractivity contribution in [1.29, 1.82) is 0 Å². The molecular weight excluding hydrogens is 638 g/mol. The molecule has 0 bridgehead atoms. The molecule has 0 N–H and O–H groups in total. The van der Waals surface area contributed by atoms with Crippen molar-refractivity contribution in [2.45, 2.75) is 37.8 Å². The van der Waals surface area contributed by atoms with Crippen LogP contribution in [0.5, 0.6) is 5.75 Å². The van der Waals surface area contributed by atoms with Crippen molar-refractivity contribution < 1.29 is 67.0 Å². The van der Waals surface area contributed by atoms with Crippen LogP contribution in [0.4, 0.5) is 57.5 Å². The number of nitrogens with zero attached hydrogens (tertiary/aromatic N) is 1. The van der Waals surface area contributed by atoms with Crippen molar-refractivity contribution in [1.82, 2.24) is 4.90 Å². The fourth-order valence-electron chi connectivity index (χ4n) is 4.28. The van der Waals surface area contributed by atoms with Gasteiger partial charge in [-0.1, -0.05) is 18.7 Å². The molecule has 0 spiro atoms. The molecule has 0 atom stereocenters. The van der Waals surface area contributed by atoms with Gasteiger partial charge in [-0.05, 0) is 64.7 Å². The van der Waals surface area contributed by atoms with Crippen LogP contribution < -0.4 is 4.74 Å². The van der Waals surface area contributed by atoms with Gasteiger partial charge in [0.25, 0.3) is 0 Å². The Balaban J connectivity index is 2.23. The predicted molar refractivity (Wildman–Crippen MR) is 137 cm³/mol. The monoisotopic (exact) mass is 659 g/mol. The largest absolute Gasteiger partial charge is 0.496 e. The summed E-state index contributed by atoms with van der Waals surface area (Å²) in [7, 11) is 1.93. The number of ether oxygens (including phenoxy) is 2. The molecular formula is C29H21F12NO3. The summed E-state index contributed by atoms with van der Waals surface area (Å²) in [5.74, 6) is -0.118. The number of methoxy groups -OCH3 is 2. The number of hydrogen-bond donors (Lipinski definition) is 0. The number of alkyl halides is 12. The van der Waals surface area contributed by atoms with Crippen molar-refractivity contribution in [3.05, 3.63) is 94.6 Å². The van der Waals surface area contributed by atoms with Gasteiger partial charge in [-0.3, -0.25) is 4.90 Å². The topological polar surface area (TPSA) is 38.8 Å². The average molecular weight is 659 g/mol. The maximum atomic E-state index is 13.7. The van der Waals surface area contributed by atoms with E-state index in [9.17, 15) is 57.5 Å². The van der Waals surface area contributed by atoms with E-state index in [1.165, 1.54) is 0 Å². The van der Waals surface area contributed by atoms with E-state index in [1.54, 1.807) is 0 Å². The number of carbonyl (C=O) groups is 1. The number of carbonyl (C=O) groups excluding carboxylic acids is 1. The van der Waals surface area contributed by atoms with E-state index in [-0.39, 0.29) is 22.9 Å². The van der Waals surface area contributed by atoms with Crippen molar-refractivity contribution >= 4 is 11.7 Å². The van der Waals surface area contributed by atoms with E-state index in [0.29, 0.717) is 29.2 Å². The normalized spacial score (nSPS) is 12.6. The van der Waals surface area contributed by atoms with Gasteiger partial charge in [0.1, 0.15) is 5.75 Å². The lowest BCUT2D eigenvalue weighted by Gasteiger charge is -2.25. The molecule has 3 aromatic carbocycles. The van der Waals surface area contributed by atoms with Gasteiger partial charge in [0.15, 0.2) is 0 Å². The molecule has 0 aliphatic rings. The summed E-state index contributed by atoms with van der Waals surface area (Å²) in [6.45, 7) is 1.08. The molecule has 0 heterocycles. The number of benzene rings is 3. The molecule has 45 heavy (non-hydrogen) atoms. The average Bonchev–Trinajstić information content (AvgIpc) is 2.93. The van der Waals surface area contributed by atoms with Crippen molar-refractivity contribution in [2.24, 2.45) is 0 Å². The first-order chi connectivity index (χ1) is 20.6. The summed E-state index contributed by atoms with van der Waals surface area (Å²) in [6.07, 6.45) is -21.7. The van der Waals surface area contributed by atoms with Gasteiger partial charge in [-0.15, -0.1) is 0 Å². The molecule has 0 saturated carbocycles. The second-order valence-corrected chi connectivity index (χ2v) is 9.50. The van der Waals surface area contributed by atoms with Crippen LogP contribution in [0.3, 0.4) is 0 Å². The molecule has 3 rings (SSSR count). The molecule has 0 saturated heterocycles. The minimum atomic E-state index is -5.23. The summed E-state index contributed by atoms with van der Waals surface area (Å²) in [5, 5.41) is 0. The number of hydrogen-bond acceptors (Lipinski definition) is 3. The number of rotatable bonds is 7. The van der Waals surface area contributed by atoms with E-state index in [0.717, 1.165) is 38.5 Å². The highest BCUT2D eigenvalue weighted by molar-refractivity contribution is 5.80. The molecule has 4 nitrogen and oxygen atoms in total. The fraction of sp³-hybridized carbons (Fsp3) is 0.276. The van der Waals surface area contributed by atoms with Gasteiger partial charge in [0.2, 0.25) is 0 Å². The van der Waals surface area contributed by atoms with Crippen LogP contribution >= 0.6 is 0 Å². The molecule has 0 aliphatic heterocycles. The zero-order valence-electron chi connectivity index (χ0n) is 23.0. The highest BCUT2D eigenvalue weighted by Crippen LogP contribution is 2.41. The maximum Gasteiger partial charge on any atom is 0.416 e. The van der Waals surface area contributed by atoms with Crippen LogP contribution in [0.1, 0.15) is 33.4 Å². The fourth-order valence-corrected chi connectivity index (χ4v) is 4.28. The Morgan fingerprint density at radius 1 is 0.689 bits per heavy atom. The summed E-state index contributed by atoms with van der Waals surface area (Å²) < 4.78 is 171. The SMILES string of the molecule is C=C(c1ccc(OC)c(-c2ccc(C(F)(F)F)cc2CN(Cc2cc(C(F)(F)F)cc(C(F)(F)F)c2)C(=O)OC)c1)C(F)(F)F. The minimum absolute atomic E-state index is 0.118. The van der Waals surface area contributed by atoms with E-state index in [4.69, 9.17) is 4.74 Å². The maximum absolute atomic E-state index is 13.7. The van der Waals surface area contributed by atoms with Crippen LogP contribution in [0, 0.1) is 0 Å². The van der Waals surface area contributed by atoms with Crippen molar-refractivity contribution in [3.8, 4) is 16.9 Å². The number of halogens is 12. The smallest absolute Gasteiger partial charge is 0.416 e. The van der Waals surface area contributed by atoms with Gasteiger partial charge < -0.3 is 9.47 Å². The lowest BCUT2D eigenvalue weighted by Crippen LogP contribution is -2.30. The van der Waals surface area contributed by atoms with Gasteiger partial charge in [-0.2, -0.15) is 52.7 Å². The van der Waals surface area contributed by atoms with Gasteiger partial charge >= 0.3 is 30.8 Å². The van der Waals surface area contributed by atoms with Gasteiger partial charge in [0, 0.05) is 18.7 Å². The third-order valence-corrected chi connectivity index (χ3v) is 6.43. The van der Waals surface area contributed by atoms with Crippen LogP contribution in [0.2, 0.25) is 0 Å².